The molecule has 0 aromatic heterocycles. The molecule has 0 heterocycles. The van der Waals surface area contributed by atoms with Crippen molar-refractivity contribution in [1.29, 1.82) is 0 Å². The van der Waals surface area contributed by atoms with Crippen LogP contribution in [-0.2, 0) is 22.1 Å². The summed E-state index contributed by atoms with van der Waals surface area (Å²) >= 11 is 0. The van der Waals surface area contributed by atoms with Crippen LogP contribution < -0.4 is 0 Å². The van der Waals surface area contributed by atoms with E-state index in [1.165, 1.54) is 12.1 Å². The molecule has 0 aliphatic carbocycles. The monoisotopic (exact) mass is 274 g/mol. The Morgan fingerprint density at radius 2 is 1.89 bits per heavy atom. The van der Waals surface area contributed by atoms with Crippen molar-refractivity contribution < 1.29 is 22.7 Å². The smallest absolute Gasteiger partial charge is 0.368 e. The van der Waals surface area contributed by atoms with Gasteiger partial charge in [0.15, 0.2) is 5.78 Å². The minimum Gasteiger partial charge on any atom is -0.368 e. The van der Waals surface area contributed by atoms with Crippen molar-refractivity contribution in [2.75, 3.05) is 6.61 Å². The third-order valence-electron chi connectivity index (χ3n) is 2.80. The quantitative estimate of drug-likeness (QED) is 0.819. The van der Waals surface area contributed by atoms with E-state index in [2.05, 4.69) is 0 Å². The van der Waals surface area contributed by atoms with Crippen molar-refractivity contribution in [1.82, 2.24) is 0 Å². The topological polar surface area (TPSA) is 26.3 Å². The maximum atomic E-state index is 12.6. The molecule has 0 radical (unpaired) electrons. The molecule has 2 nitrogen and oxygen atoms in total. The van der Waals surface area contributed by atoms with Gasteiger partial charge in [0.2, 0.25) is 0 Å². The molecule has 0 spiro atoms. The van der Waals surface area contributed by atoms with Gasteiger partial charge < -0.3 is 4.74 Å². The number of rotatable bonds is 5. The van der Waals surface area contributed by atoms with Gasteiger partial charge in [0.1, 0.15) is 5.60 Å². The fourth-order valence-electron chi connectivity index (χ4n) is 1.70. The standard InChI is InChI=1S/C14H17F3O2/c1-4-19-13(2,3)12(18)9-10-6-5-7-11(8-10)14(15,16)17/h5-8H,4,9H2,1-3H3. The van der Waals surface area contributed by atoms with Crippen molar-refractivity contribution in [3.8, 4) is 0 Å². The molecule has 1 aromatic carbocycles. The van der Waals surface area contributed by atoms with Crippen LogP contribution in [0.5, 0.6) is 0 Å². The van der Waals surface area contributed by atoms with E-state index in [0.717, 1.165) is 12.1 Å². The maximum absolute atomic E-state index is 12.6. The molecule has 0 aliphatic heterocycles. The summed E-state index contributed by atoms with van der Waals surface area (Å²) in [6.07, 6.45) is -4.47. The molecule has 1 rings (SSSR count). The summed E-state index contributed by atoms with van der Waals surface area (Å²) < 4.78 is 42.9. The van der Waals surface area contributed by atoms with E-state index in [9.17, 15) is 18.0 Å². The SMILES string of the molecule is CCOC(C)(C)C(=O)Cc1cccc(C(F)(F)F)c1. The van der Waals surface area contributed by atoms with Crippen LogP contribution in [0.3, 0.4) is 0 Å². The van der Waals surface area contributed by atoms with E-state index in [1.54, 1.807) is 20.8 Å². The third kappa shape index (κ3) is 4.35. The minimum atomic E-state index is -4.39. The highest BCUT2D eigenvalue weighted by Gasteiger charge is 2.31. The number of ketones is 1. The van der Waals surface area contributed by atoms with E-state index >= 15 is 0 Å². The van der Waals surface area contributed by atoms with Gasteiger partial charge in [-0.15, -0.1) is 0 Å². The molecule has 106 valence electrons. The van der Waals surface area contributed by atoms with Crippen LogP contribution in [0.2, 0.25) is 0 Å². The van der Waals surface area contributed by atoms with Crippen LogP contribution in [-0.4, -0.2) is 18.0 Å². The molecule has 0 unspecified atom stereocenters. The predicted octanol–water partition coefficient (Wildman–Crippen LogP) is 3.63. The number of alkyl halides is 3. The summed E-state index contributed by atoms with van der Waals surface area (Å²) in [5, 5.41) is 0. The minimum absolute atomic E-state index is 0.0725. The number of Topliss-reactive ketones (excluding diaryl/α,β-unsaturated/α-hetero) is 1. The van der Waals surface area contributed by atoms with Gasteiger partial charge in [0.25, 0.3) is 0 Å². The fourth-order valence-corrected chi connectivity index (χ4v) is 1.70. The van der Waals surface area contributed by atoms with Crippen molar-refractivity contribution in [3.63, 3.8) is 0 Å². The zero-order valence-electron chi connectivity index (χ0n) is 11.2. The maximum Gasteiger partial charge on any atom is 0.416 e. The van der Waals surface area contributed by atoms with E-state index in [4.69, 9.17) is 4.74 Å². The van der Waals surface area contributed by atoms with Crippen molar-refractivity contribution in [3.05, 3.63) is 35.4 Å². The van der Waals surface area contributed by atoms with E-state index < -0.39 is 17.3 Å². The van der Waals surface area contributed by atoms with Crippen LogP contribution in [0.25, 0.3) is 0 Å². The van der Waals surface area contributed by atoms with Crippen molar-refractivity contribution in [2.45, 2.75) is 39.0 Å². The summed E-state index contributed by atoms with van der Waals surface area (Å²) in [6, 6.07) is 4.80. The van der Waals surface area contributed by atoms with Gasteiger partial charge in [-0.1, -0.05) is 18.2 Å². The Balaban J connectivity index is 2.86. The van der Waals surface area contributed by atoms with E-state index in [1.807, 2.05) is 0 Å². The van der Waals surface area contributed by atoms with Gasteiger partial charge in [-0.2, -0.15) is 13.2 Å². The lowest BCUT2D eigenvalue weighted by Crippen LogP contribution is -2.36. The summed E-state index contributed by atoms with van der Waals surface area (Å²) in [5.74, 6) is -0.242. The number of carbonyl (C=O) groups is 1. The third-order valence-corrected chi connectivity index (χ3v) is 2.80. The number of carbonyl (C=O) groups excluding carboxylic acids is 1. The van der Waals surface area contributed by atoms with E-state index in [-0.39, 0.29) is 12.2 Å². The lowest BCUT2D eigenvalue weighted by molar-refractivity contribution is -0.140. The lowest BCUT2D eigenvalue weighted by atomic mass is 9.96. The highest BCUT2D eigenvalue weighted by molar-refractivity contribution is 5.88. The number of halogens is 3. The average molecular weight is 274 g/mol. The molecule has 0 saturated carbocycles. The zero-order chi connectivity index (χ0) is 14.7. The van der Waals surface area contributed by atoms with Crippen molar-refractivity contribution >= 4 is 5.78 Å². The first-order valence-corrected chi connectivity index (χ1v) is 6.00. The molecule has 0 N–H and O–H groups in total. The average Bonchev–Trinajstić information content (AvgIpc) is 2.28. The highest BCUT2D eigenvalue weighted by Crippen LogP contribution is 2.29. The summed E-state index contributed by atoms with van der Waals surface area (Å²) in [7, 11) is 0. The van der Waals surface area contributed by atoms with Crippen LogP contribution in [0.4, 0.5) is 13.2 Å². The van der Waals surface area contributed by atoms with Crippen LogP contribution in [0.15, 0.2) is 24.3 Å². The molecule has 0 amide bonds. The van der Waals surface area contributed by atoms with Gasteiger partial charge in [-0.3, -0.25) is 4.79 Å². The highest BCUT2D eigenvalue weighted by atomic mass is 19.4. The molecular formula is C14H17F3O2. The zero-order valence-corrected chi connectivity index (χ0v) is 11.2. The number of hydrogen-bond acceptors (Lipinski definition) is 2. The molecule has 0 saturated heterocycles. The second kappa shape index (κ2) is 5.74. The molecule has 0 aliphatic rings. The Labute approximate surface area is 110 Å². The second-order valence-corrected chi connectivity index (χ2v) is 4.74. The van der Waals surface area contributed by atoms with Gasteiger partial charge in [-0.25, -0.2) is 0 Å². The Kier molecular flexibility index (Phi) is 4.74. The first-order valence-electron chi connectivity index (χ1n) is 6.00. The summed E-state index contributed by atoms with van der Waals surface area (Å²) in [5.41, 5.74) is -1.39. The first kappa shape index (κ1) is 15.7. The first-order chi connectivity index (χ1) is 8.66. The number of ether oxygens (including phenoxy) is 1. The Morgan fingerprint density at radius 3 is 2.42 bits per heavy atom. The fraction of sp³-hybridized carbons (Fsp3) is 0.500. The van der Waals surface area contributed by atoms with E-state index in [0.29, 0.717) is 12.2 Å². The van der Waals surface area contributed by atoms with Gasteiger partial charge in [0.05, 0.1) is 5.56 Å². The number of hydrogen-bond donors (Lipinski definition) is 0. The molecule has 0 bridgehead atoms. The molecule has 19 heavy (non-hydrogen) atoms. The molecule has 0 atom stereocenters. The van der Waals surface area contributed by atoms with Crippen molar-refractivity contribution in [2.24, 2.45) is 0 Å². The Morgan fingerprint density at radius 1 is 1.26 bits per heavy atom. The summed E-state index contributed by atoms with van der Waals surface area (Å²) in [6.45, 7) is 5.37. The van der Waals surface area contributed by atoms with Crippen LogP contribution >= 0.6 is 0 Å². The Bertz CT molecular complexity index is 450. The molecule has 0 fully saturated rings. The molecule has 1 aromatic rings. The van der Waals surface area contributed by atoms with Crippen LogP contribution in [0.1, 0.15) is 31.9 Å². The lowest BCUT2D eigenvalue weighted by Gasteiger charge is -2.23. The van der Waals surface area contributed by atoms with Crippen LogP contribution in [0, 0.1) is 0 Å². The van der Waals surface area contributed by atoms with Gasteiger partial charge in [0, 0.05) is 13.0 Å². The van der Waals surface area contributed by atoms with Gasteiger partial charge >= 0.3 is 6.18 Å². The van der Waals surface area contributed by atoms with Gasteiger partial charge in [-0.05, 0) is 32.4 Å². The largest absolute Gasteiger partial charge is 0.416 e. The predicted molar refractivity (Wildman–Crippen MR) is 65.9 cm³/mol. The molecule has 5 heteroatoms. The summed E-state index contributed by atoms with van der Waals surface area (Å²) in [4.78, 5) is 12.0. The normalized spacial score (nSPS) is 12.5. The molecular weight excluding hydrogens is 257 g/mol. The number of benzene rings is 1. The second-order valence-electron chi connectivity index (χ2n) is 4.74. The Hall–Kier alpha value is -1.36.